The minimum absolute atomic E-state index is 0.0721. The Bertz CT molecular complexity index is 724. The summed E-state index contributed by atoms with van der Waals surface area (Å²) in [5.74, 6) is 0.422. The van der Waals surface area contributed by atoms with Gasteiger partial charge in [-0.2, -0.15) is 0 Å². The molecule has 0 atom stereocenters. The number of rotatable bonds is 2. The van der Waals surface area contributed by atoms with Crippen LogP contribution in [-0.4, -0.2) is 15.1 Å². The Balaban J connectivity index is 2.00. The van der Waals surface area contributed by atoms with Gasteiger partial charge in [-0.25, -0.2) is 9.97 Å². The summed E-state index contributed by atoms with van der Waals surface area (Å²) >= 11 is 0. The van der Waals surface area contributed by atoms with Gasteiger partial charge in [-0.3, -0.25) is 0 Å². The van der Waals surface area contributed by atoms with Gasteiger partial charge in [-0.15, -0.1) is 0 Å². The molecule has 0 aliphatic heterocycles. The zero-order valence-electron chi connectivity index (χ0n) is 10.4. The molecule has 0 amide bonds. The van der Waals surface area contributed by atoms with E-state index in [4.69, 9.17) is 4.74 Å². The molecule has 2 aromatic carbocycles. The van der Waals surface area contributed by atoms with Crippen LogP contribution in [0, 0.1) is 6.92 Å². The Morgan fingerprint density at radius 2 is 1.63 bits per heavy atom. The van der Waals surface area contributed by atoms with E-state index in [0.29, 0.717) is 5.75 Å². The second-order valence-electron chi connectivity index (χ2n) is 4.31. The van der Waals surface area contributed by atoms with Gasteiger partial charge in [-0.05, 0) is 35.4 Å². The molecule has 3 aromatic rings. The van der Waals surface area contributed by atoms with Crippen LogP contribution < -0.4 is 4.74 Å². The van der Waals surface area contributed by atoms with Gasteiger partial charge in [0.2, 0.25) is 0 Å². The number of hydrogen-bond donors (Lipinski definition) is 1. The van der Waals surface area contributed by atoms with Gasteiger partial charge in [0.05, 0.1) is 0 Å². The smallest absolute Gasteiger partial charge is 0.322 e. The Labute approximate surface area is 110 Å². The summed E-state index contributed by atoms with van der Waals surface area (Å²) in [5, 5.41) is 11.9. The van der Waals surface area contributed by atoms with Crippen molar-refractivity contribution in [3.63, 3.8) is 0 Å². The van der Waals surface area contributed by atoms with Gasteiger partial charge >= 0.3 is 6.01 Å². The molecule has 0 bridgehead atoms. The van der Waals surface area contributed by atoms with E-state index in [2.05, 4.69) is 9.97 Å². The highest BCUT2D eigenvalue weighted by Gasteiger charge is 2.07. The van der Waals surface area contributed by atoms with Crippen molar-refractivity contribution in [2.24, 2.45) is 0 Å². The normalized spacial score (nSPS) is 10.6. The summed E-state index contributed by atoms with van der Waals surface area (Å²) in [4.78, 5) is 8.10. The lowest BCUT2D eigenvalue weighted by Gasteiger charge is -2.07. The van der Waals surface area contributed by atoms with Crippen LogP contribution in [0.3, 0.4) is 0 Å². The molecule has 3 rings (SSSR count). The van der Waals surface area contributed by atoms with Crippen LogP contribution in [0.25, 0.3) is 10.8 Å². The minimum Gasteiger partial charge on any atom is -0.504 e. The molecule has 0 aliphatic carbocycles. The topological polar surface area (TPSA) is 55.2 Å². The number of nitrogens with zero attached hydrogens (tertiary/aromatic N) is 2. The molecule has 4 nitrogen and oxygen atoms in total. The van der Waals surface area contributed by atoms with Crippen molar-refractivity contribution in [2.75, 3.05) is 0 Å². The van der Waals surface area contributed by atoms with E-state index in [1.165, 1.54) is 0 Å². The van der Waals surface area contributed by atoms with Crippen LogP contribution in [0.4, 0.5) is 0 Å². The lowest BCUT2D eigenvalue weighted by Crippen LogP contribution is -1.92. The zero-order chi connectivity index (χ0) is 13.2. The largest absolute Gasteiger partial charge is 0.504 e. The third kappa shape index (κ3) is 2.33. The first-order valence-corrected chi connectivity index (χ1v) is 5.90. The Morgan fingerprint density at radius 1 is 1.00 bits per heavy atom. The van der Waals surface area contributed by atoms with E-state index in [1.54, 1.807) is 24.5 Å². The van der Waals surface area contributed by atoms with Gasteiger partial charge in [0.25, 0.3) is 0 Å². The average molecular weight is 252 g/mol. The van der Waals surface area contributed by atoms with Crippen molar-refractivity contribution in [3.8, 4) is 17.5 Å². The van der Waals surface area contributed by atoms with Crippen molar-refractivity contribution >= 4 is 10.8 Å². The molecule has 0 fully saturated rings. The van der Waals surface area contributed by atoms with Crippen LogP contribution in [-0.2, 0) is 0 Å². The van der Waals surface area contributed by atoms with E-state index < -0.39 is 0 Å². The van der Waals surface area contributed by atoms with Crippen molar-refractivity contribution in [2.45, 2.75) is 6.92 Å². The number of phenolic OH excluding ortho intramolecular Hbond substituents is 1. The molecule has 0 spiro atoms. The predicted molar refractivity (Wildman–Crippen MR) is 72.5 cm³/mol. The molecule has 1 aromatic heterocycles. The Morgan fingerprint density at radius 3 is 2.32 bits per heavy atom. The second kappa shape index (κ2) is 4.57. The lowest BCUT2D eigenvalue weighted by atomic mass is 10.1. The molecule has 0 saturated heterocycles. The van der Waals surface area contributed by atoms with E-state index in [-0.39, 0.29) is 11.8 Å². The van der Waals surface area contributed by atoms with Gasteiger partial charge in [0.1, 0.15) is 0 Å². The monoisotopic (exact) mass is 252 g/mol. The maximum Gasteiger partial charge on any atom is 0.322 e. The van der Waals surface area contributed by atoms with Gasteiger partial charge in [0.15, 0.2) is 11.5 Å². The zero-order valence-corrected chi connectivity index (χ0v) is 10.4. The highest BCUT2D eigenvalue weighted by molar-refractivity contribution is 5.85. The summed E-state index contributed by atoms with van der Waals surface area (Å²) in [6.07, 6.45) is 3.33. The first-order valence-electron chi connectivity index (χ1n) is 5.90. The first-order chi connectivity index (χ1) is 9.22. The molecule has 0 aliphatic rings. The SMILES string of the molecule is Cc1cnc(Oc2cc3ccccc3cc2O)nc1. The number of phenols is 1. The van der Waals surface area contributed by atoms with E-state index >= 15 is 0 Å². The van der Waals surface area contributed by atoms with Crippen LogP contribution in [0.1, 0.15) is 5.56 Å². The van der Waals surface area contributed by atoms with Gasteiger partial charge in [0, 0.05) is 12.4 Å². The fraction of sp³-hybridized carbons (Fsp3) is 0.0667. The number of hydrogen-bond acceptors (Lipinski definition) is 4. The van der Waals surface area contributed by atoms with Gasteiger partial charge < -0.3 is 9.84 Å². The standard InChI is InChI=1S/C15H12N2O2/c1-10-8-16-15(17-9-10)19-14-7-12-5-3-2-4-11(12)6-13(14)18/h2-9,18H,1H3. The number of ether oxygens (including phenoxy) is 1. The third-order valence-corrected chi connectivity index (χ3v) is 2.79. The molecule has 0 radical (unpaired) electrons. The molecule has 4 heteroatoms. The molecular formula is C15H12N2O2. The molecule has 0 unspecified atom stereocenters. The number of aryl methyl sites for hydroxylation is 1. The molecular weight excluding hydrogens is 240 g/mol. The summed E-state index contributed by atoms with van der Waals surface area (Å²) in [5.41, 5.74) is 0.954. The van der Waals surface area contributed by atoms with Gasteiger partial charge in [-0.1, -0.05) is 24.3 Å². The number of aromatic hydroxyl groups is 1. The van der Waals surface area contributed by atoms with Crippen LogP contribution in [0.15, 0.2) is 48.8 Å². The summed E-state index contributed by atoms with van der Waals surface area (Å²) in [6.45, 7) is 1.90. The van der Waals surface area contributed by atoms with Crippen LogP contribution in [0.2, 0.25) is 0 Å². The fourth-order valence-electron chi connectivity index (χ4n) is 1.82. The third-order valence-electron chi connectivity index (χ3n) is 2.79. The molecule has 1 N–H and O–H groups in total. The van der Waals surface area contributed by atoms with Crippen LogP contribution >= 0.6 is 0 Å². The Hall–Kier alpha value is -2.62. The predicted octanol–water partition coefficient (Wildman–Crippen LogP) is 3.44. The number of aromatic nitrogens is 2. The van der Waals surface area contributed by atoms with E-state index in [9.17, 15) is 5.11 Å². The summed E-state index contributed by atoms with van der Waals surface area (Å²) in [6, 6.07) is 11.4. The molecule has 19 heavy (non-hydrogen) atoms. The highest BCUT2D eigenvalue weighted by atomic mass is 16.5. The molecule has 0 saturated carbocycles. The van der Waals surface area contributed by atoms with Crippen molar-refractivity contribution in [1.82, 2.24) is 9.97 Å². The minimum atomic E-state index is 0.0721. The molecule has 94 valence electrons. The maximum atomic E-state index is 9.94. The molecule has 1 heterocycles. The van der Waals surface area contributed by atoms with Crippen molar-refractivity contribution < 1.29 is 9.84 Å². The maximum absolute atomic E-state index is 9.94. The van der Waals surface area contributed by atoms with Crippen LogP contribution in [0.5, 0.6) is 17.5 Å². The number of benzene rings is 2. The first kappa shape index (κ1) is 11.5. The van der Waals surface area contributed by atoms with Crippen molar-refractivity contribution in [3.05, 3.63) is 54.4 Å². The fourth-order valence-corrected chi connectivity index (χ4v) is 1.82. The average Bonchev–Trinajstić information content (AvgIpc) is 2.42. The lowest BCUT2D eigenvalue weighted by molar-refractivity contribution is 0.393. The van der Waals surface area contributed by atoms with E-state index in [1.807, 2.05) is 31.2 Å². The highest BCUT2D eigenvalue weighted by Crippen LogP contribution is 2.33. The van der Waals surface area contributed by atoms with E-state index in [0.717, 1.165) is 16.3 Å². The second-order valence-corrected chi connectivity index (χ2v) is 4.31. The summed E-state index contributed by atoms with van der Waals surface area (Å²) < 4.78 is 5.50. The van der Waals surface area contributed by atoms with Crippen molar-refractivity contribution in [1.29, 1.82) is 0 Å². The quantitative estimate of drug-likeness (QED) is 0.759. The summed E-state index contributed by atoms with van der Waals surface area (Å²) in [7, 11) is 0. The number of fused-ring (bicyclic) bond motifs is 1. The Kier molecular flexibility index (Phi) is 2.76.